The van der Waals surface area contributed by atoms with Crippen molar-refractivity contribution < 1.29 is 14.3 Å². The van der Waals surface area contributed by atoms with E-state index in [1.165, 1.54) is 11.8 Å². The predicted octanol–water partition coefficient (Wildman–Crippen LogP) is 2.69. The van der Waals surface area contributed by atoms with Crippen molar-refractivity contribution in [2.45, 2.75) is 18.9 Å². The molecule has 0 spiro atoms. The molecule has 7 heteroatoms. The highest BCUT2D eigenvalue weighted by Crippen LogP contribution is 2.16. The van der Waals surface area contributed by atoms with Gasteiger partial charge in [0, 0.05) is 5.56 Å². The van der Waals surface area contributed by atoms with E-state index in [1.54, 1.807) is 31.2 Å². The second-order valence-corrected chi connectivity index (χ2v) is 5.67. The average Bonchev–Trinajstić information content (AvgIpc) is 2.55. The molecule has 0 fully saturated rings. The molecule has 2 aromatic rings. The van der Waals surface area contributed by atoms with E-state index < -0.39 is 0 Å². The number of hydrogen-bond acceptors (Lipinski definition) is 6. The van der Waals surface area contributed by atoms with Crippen LogP contribution in [-0.2, 0) is 9.53 Å². The van der Waals surface area contributed by atoms with Gasteiger partial charge in [0.1, 0.15) is 5.03 Å². The van der Waals surface area contributed by atoms with Crippen molar-refractivity contribution in [3.8, 4) is 0 Å². The van der Waals surface area contributed by atoms with Gasteiger partial charge in [0.05, 0.1) is 12.4 Å². The lowest BCUT2D eigenvalue weighted by Crippen LogP contribution is -2.13. The predicted molar refractivity (Wildman–Crippen MR) is 88.5 cm³/mol. The molecule has 0 saturated heterocycles. The molecular formula is C16H17N3O3S. The minimum atomic E-state index is -0.295. The Morgan fingerprint density at radius 1 is 1.13 bits per heavy atom. The summed E-state index contributed by atoms with van der Waals surface area (Å²) in [5, 5.41) is 11.2. The van der Waals surface area contributed by atoms with E-state index in [4.69, 9.17) is 4.74 Å². The Morgan fingerprint density at radius 2 is 1.87 bits per heavy atom. The molecule has 0 radical (unpaired) electrons. The van der Waals surface area contributed by atoms with Crippen LogP contribution in [0.3, 0.4) is 0 Å². The van der Waals surface area contributed by atoms with Crippen molar-refractivity contribution in [1.82, 2.24) is 10.2 Å². The third-order valence-corrected chi connectivity index (χ3v) is 3.73. The number of nitrogens with one attached hydrogen (secondary N) is 1. The molecule has 6 nitrogen and oxygen atoms in total. The van der Waals surface area contributed by atoms with Crippen LogP contribution in [0.1, 0.15) is 22.8 Å². The molecule has 120 valence electrons. The Kier molecular flexibility index (Phi) is 6.10. The van der Waals surface area contributed by atoms with Gasteiger partial charge in [0.25, 0.3) is 5.91 Å². The lowest BCUT2D eigenvalue weighted by Gasteiger charge is -2.05. The molecule has 2 rings (SSSR count). The van der Waals surface area contributed by atoms with Crippen LogP contribution in [0.4, 0.5) is 5.82 Å². The van der Waals surface area contributed by atoms with Gasteiger partial charge in [-0.05, 0) is 38.1 Å². The Labute approximate surface area is 138 Å². The van der Waals surface area contributed by atoms with Gasteiger partial charge in [-0.1, -0.05) is 29.5 Å². The fourth-order valence-electron chi connectivity index (χ4n) is 1.69. The Bertz CT molecular complexity index is 672. The molecule has 23 heavy (non-hydrogen) atoms. The number of thioether (sulfide) groups is 1. The SMILES string of the molecule is CCOC(=O)CSc1ccc(NC(=O)c2ccc(C)cc2)nn1. The topological polar surface area (TPSA) is 81.2 Å². The molecule has 1 aromatic heterocycles. The third kappa shape index (κ3) is 5.37. The molecule has 0 atom stereocenters. The second-order valence-electron chi connectivity index (χ2n) is 4.67. The Balaban J connectivity index is 1.90. The molecule has 0 aliphatic rings. The summed E-state index contributed by atoms with van der Waals surface area (Å²) in [6.07, 6.45) is 0. The molecule has 0 aliphatic carbocycles. The van der Waals surface area contributed by atoms with Crippen LogP contribution in [-0.4, -0.2) is 34.4 Å². The number of rotatable bonds is 6. The van der Waals surface area contributed by atoms with Gasteiger partial charge in [-0.15, -0.1) is 10.2 Å². The van der Waals surface area contributed by atoms with E-state index in [9.17, 15) is 9.59 Å². The highest BCUT2D eigenvalue weighted by molar-refractivity contribution is 7.99. The standard InChI is InChI=1S/C16H17N3O3S/c1-3-22-15(20)10-23-14-9-8-13(18-19-14)17-16(21)12-6-4-11(2)5-7-12/h4-9H,3,10H2,1-2H3,(H,17,18,21). The van der Waals surface area contributed by atoms with E-state index >= 15 is 0 Å². The summed E-state index contributed by atoms with van der Waals surface area (Å²) in [6, 6.07) is 10.6. The molecule has 0 unspecified atom stereocenters. The first-order chi connectivity index (χ1) is 11.1. The molecular weight excluding hydrogens is 314 g/mol. The number of esters is 1. The summed E-state index contributed by atoms with van der Waals surface area (Å²) in [7, 11) is 0. The summed E-state index contributed by atoms with van der Waals surface area (Å²) < 4.78 is 4.83. The van der Waals surface area contributed by atoms with Crippen LogP contribution < -0.4 is 5.32 Å². The Morgan fingerprint density at radius 3 is 2.48 bits per heavy atom. The molecule has 0 saturated carbocycles. The third-order valence-electron chi connectivity index (χ3n) is 2.84. The van der Waals surface area contributed by atoms with Gasteiger partial charge in [0.15, 0.2) is 5.82 Å². The van der Waals surface area contributed by atoms with E-state index in [1.807, 2.05) is 19.1 Å². The van der Waals surface area contributed by atoms with Gasteiger partial charge in [-0.3, -0.25) is 9.59 Å². The minimum Gasteiger partial charge on any atom is -0.465 e. The van der Waals surface area contributed by atoms with Crippen molar-refractivity contribution in [2.75, 3.05) is 17.7 Å². The van der Waals surface area contributed by atoms with Crippen molar-refractivity contribution in [3.05, 3.63) is 47.5 Å². The quantitative estimate of drug-likeness (QED) is 0.647. The van der Waals surface area contributed by atoms with Crippen molar-refractivity contribution in [1.29, 1.82) is 0 Å². The average molecular weight is 331 g/mol. The van der Waals surface area contributed by atoms with E-state index in [-0.39, 0.29) is 17.6 Å². The van der Waals surface area contributed by atoms with Crippen molar-refractivity contribution >= 4 is 29.5 Å². The summed E-state index contributed by atoms with van der Waals surface area (Å²) in [6.45, 7) is 4.07. The summed E-state index contributed by atoms with van der Waals surface area (Å²) in [4.78, 5) is 23.3. The summed E-state index contributed by atoms with van der Waals surface area (Å²) >= 11 is 1.23. The number of aromatic nitrogens is 2. The van der Waals surface area contributed by atoms with E-state index in [0.717, 1.165) is 5.56 Å². The zero-order valence-corrected chi connectivity index (χ0v) is 13.7. The van der Waals surface area contributed by atoms with Gasteiger partial charge >= 0.3 is 5.97 Å². The number of carbonyl (C=O) groups is 2. The van der Waals surface area contributed by atoms with Crippen LogP contribution in [0.15, 0.2) is 41.4 Å². The van der Waals surface area contributed by atoms with Gasteiger partial charge < -0.3 is 10.1 Å². The second kappa shape index (κ2) is 8.28. The number of nitrogens with zero attached hydrogens (tertiary/aromatic N) is 2. The lowest BCUT2D eigenvalue weighted by molar-refractivity contribution is -0.139. The monoisotopic (exact) mass is 331 g/mol. The molecule has 0 aliphatic heterocycles. The van der Waals surface area contributed by atoms with Crippen molar-refractivity contribution in [3.63, 3.8) is 0 Å². The van der Waals surface area contributed by atoms with Crippen LogP contribution in [0.2, 0.25) is 0 Å². The zero-order chi connectivity index (χ0) is 16.7. The number of benzene rings is 1. The smallest absolute Gasteiger partial charge is 0.316 e. The maximum atomic E-state index is 12.1. The fourth-order valence-corrected chi connectivity index (χ4v) is 2.30. The van der Waals surface area contributed by atoms with Gasteiger partial charge in [0.2, 0.25) is 0 Å². The number of amides is 1. The first-order valence-electron chi connectivity index (χ1n) is 7.08. The minimum absolute atomic E-state index is 0.178. The molecule has 1 amide bonds. The largest absolute Gasteiger partial charge is 0.465 e. The zero-order valence-electron chi connectivity index (χ0n) is 12.9. The highest BCUT2D eigenvalue weighted by Gasteiger charge is 2.08. The highest BCUT2D eigenvalue weighted by atomic mass is 32.2. The van der Waals surface area contributed by atoms with Crippen LogP contribution in [0.5, 0.6) is 0 Å². The molecule has 1 N–H and O–H groups in total. The number of anilines is 1. The lowest BCUT2D eigenvalue weighted by atomic mass is 10.1. The van der Waals surface area contributed by atoms with Crippen LogP contribution >= 0.6 is 11.8 Å². The van der Waals surface area contributed by atoms with Crippen molar-refractivity contribution in [2.24, 2.45) is 0 Å². The van der Waals surface area contributed by atoms with Gasteiger partial charge in [-0.25, -0.2) is 0 Å². The van der Waals surface area contributed by atoms with Crippen LogP contribution in [0, 0.1) is 6.92 Å². The number of ether oxygens (including phenoxy) is 1. The van der Waals surface area contributed by atoms with E-state index in [0.29, 0.717) is 23.0 Å². The molecule has 0 bridgehead atoms. The first-order valence-corrected chi connectivity index (χ1v) is 8.07. The van der Waals surface area contributed by atoms with E-state index in [2.05, 4.69) is 15.5 Å². The number of carbonyl (C=O) groups excluding carboxylic acids is 2. The fraction of sp³-hybridized carbons (Fsp3) is 0.250. The molecule has 1 heterocycles. The Hall–Kier alpha value is -2.41. The number of aryl methyl sites for hydroxylation is 1. The van der Waals surface area contributed by atoms with Gasteiger partial charge in [-0.2, -0.15) is 0 Å². The normalized spacial score (nSPS) is 10.2. The maximum absolute atomic E-state index is 12.1. The summed E-state index contributed by atoms with van der Waals surface area (Å²) in [5.41, 5.74) is 1.64. The number of hydrogen-bond donors (Lipinski definition) is 1. The maximum Gasteiger partial charge on any atom is 0.316 e. The van der Waals surface area contributed by atoms with Crippen LogP contribution in [0.25, 0.3) is 0 Å². The summed E-state index contributed by atoms with van der Waals surface area (Å²) in [5.74, 6) is -0.00393. The first kappa shape index (κ1) is 17.0. The molecule has 1 aromatic carbocycles.